The molecule has 5 nitrogen and oxygen atoms in total. The number of nitrogens with zero attached hydrogens (tertiary/aromatic N) is 2. The minimum absolute atomic E-state index is 0.133. The number of hydrogen-bond acceptors (Lipinski definition) is 5. The second-order valence-corrected chi connectivity index (χ2v) is 6.22. The van der Waals surface area contributed by atoms with Gasteiger partial charge in [0.2, 0.25) is 0 Å². The van der Waals surface area contributed by atoms with Crippen LogP contribution >= 0.6 is 11.6 Å². The molecule has 0 saturated carbocycles. The number of fused-ring (bicyclic) bond motifs is 1. The van der Waals surface area contributed by atoms with Gasteiger partial charge in [-0.3, -0.25) is 4.98 Å². The largest absolute Gasteiger partial charge is 0.586 e. The SMILES string of the molecule is Fc1cncc(F)c1CNc1ccc(-c2cc3c(cc2Cl)OC(F)(F)O3)cn1. The Balaban J connectivity index is 1.53. The molecule has 0 aliphatic carbocycles. The number of aromatic nitrogens is 2. The van der Waals surface area contributed by atoms with Crippen LogP contribution in [0.3, 0.4) is 0 Å². The molecular formula is C18H10ClF4N3O2. The monoisotopic (exact) mass is 411 g/mol. The van der Waals surface area contributed by atoms with E-state index in [0.717, 1.165) is 12.4 Å². The van der Waals surface area contributed by atoms with Gasteiger partial charge in [-0.05, 0) is 18.2 Å². The Bertz CT molecular complexity index is 1030. The predicted octanol–water partition coefficient (Wildman–Crippen LogP) is 5.01. The summed E-state index contributed by atoms with van der Waals surface area (Å²) in [7, 11) is 0. The highest BCUT2D eigenvalue weighted by Crippen LogP contribution is 2.45. The minimum atomic E-state index is -3.74. The molecule has 3 aromatic rings. The smallest absolute Gasteiger partial charge is 0.395 e. The van der Waals surface area contributed by atoms with Crippen molar-refractivity contribution in [3.05, 3.63) is 65.1 Å². The molecule has 4 rings (SSSR count). The fourth-order valence-corrected chi connectivity index (χ4v) is 2.90. The Morgan fingerprint density at radius 2 is 1.68 bits per heavy atom. The number of ether oxygens (including phenoxy) is 2. The number of halogens is 5. The van der Waals surface area contributed by atoms with Crippen LogP contribution in [-0.2, 0) is 6.54 Å². The van der Waals surface area contributed by atoms with Crippen LogP contribution < -0.4 is 14.8 Å². The zero-order chi connectivity index (χ0) is 19.9. The van der Waals surface area contributed by atoms with E-state index in [1.807, 2.05) is 0 Å². The van der Waals surface area contributed by atoms with E-state index >= 15 is 0 Å². The fraction of sp³-hybridized carbons (Fsp3) is 0.111. The number of alkyl halides is 2. The van der Waals surface area contributed by atoms with E-state index in [1.54, 1.807) is 12.1 Å². The molecule has 1 aromatic carbocycles. The Hall–Kier alpha value is -3.07. The van der Waals surface area contributed by atoms with Crippen molar-refractivity contribution in [3.63, 3.8) is 0 Å². The lowest BCUT2D eigenvalue weighted by Gasteiger charge is -2.09. The lowest BCUT2D eigenvalue weighted by Crippen LogP contribution is -2.25. The van der Waals surface area contributed by atoms with E-state index in [4.69, 9.17) is 11.6 Å². The summed E-state index contributed by atoms with van der Waals surface area (Å²) in [6.07, 6.45) is -0.472. The topological polar surface area (TPSA) is 56.3 Å². The molecule has 0 fully saturated rings. The van der Waals surface area contributed by atoms with Crippen molar-refractivity contribution in [1.29, 1.82) is 0 Å². The van der Waals surface area contributed by atoms with Crippen molar-refractivity contribution in [3.8, 4) is 22.6 Å². The number of hydrogen-bond donors (Lipinski definition) is 1. The highest BCUT2D eigenvalue weighted by atomic mass is 35.5. The van der Waals surface area contributed by atoms with Crippen LogP contribution in [0.15, 0.2) is 42.9 Å². The molecule has 1 aliphatic heterocycles. The van der Waals surface area contributed by atoms with Crippen molar-refractivity contribution >= 4 is 17.4 Å². The first-order valence-electron chi connectivity index (χ1n) is 7.90. The number of anilines is 1. The molecule has 0 radical (unpaired) electrons. The lowest BCUT2D eigenvalue weighted by atomic mass is 10.1. The highest BCUT2D eigenvalue weighted by Gasteiger charge is 2.43. The summed E-state index contributed by atoms with van der Waals surface area (Å²) in [4.78, 5) is 7.56. The van der Waals surface area contributed by atoms with Crippen molar-refractivity contribution in [2.24, 2.45) is 0 Å². The average Bonchev–Trinajstić information content (AvgIpc) is 2.94. The summed E-state index contributed by atoms with van der Waals surface area (Å²) in [5.41, 5.74) is 0.769. The summed E-state index contributed by atoms with van der Waals surface area (Å²) in [6.45, 7) is -0.133. The summed E-state index contributed by atoms with van der Waals surface area (Å²) in [6, 6.07) is 5.73. The van der Waals surface area contributed by atoms with Gasteiger partial charge in [-0.25, -0.2) is 13.8 Å². The van der Waals surface area contributed by atoms with Gasteiger partial charge in [0.15, 0.2) is 11.5 Å². The molecule has 0 bridgehead atoms. The van der Waals surface area contributed by atoms with E-state index in [-0.39, 0.29) is 28.6 Å². The third-order valence-electron chi connectivity index (χ3n) is 3.96. The Morgan fingerprint density at radius 3 is 2.32 bits per heavy atom. The zero-order valence-electron chi connectivity index (χ0n) is 13.8. The van der Waals surface area contributed by atoms with Crippen LogP contribution in [0.25, 0.3) is 11.1 Å². The first-order chi connectivity index (χ1) is 13.3. The molecule has 0 saturated heterocycles. The quantitative estimate of drug-likeness (QED) is 0.612. The summed E-state index contributed by atoms with van der Waals surface area (Å²) in [5.74, 6) is -1.49. The fourth-order valence-electron chi connectivity index (χ4n) is 2.64. The lowest BCUT2D eigenvalue weighted by molar-refractivity contribution is -0.286. The van der Waals surface area contributed by atoms with Gasteiger partial charge in [0, 0.05) is 35.5 Å². The standard InChI is InChI=1S/C18H10ClF4N3O2/c19-12-4-16-15(27-18(22,23)28-16)3-10(12)9-1-2-17(25-5-9)26-6-11-13(20)7-24-8-14(11)21/h1-5,7-8H,6H2,(H,25,26). The average molecular weight is 412 g/mol. The summed E-state index contributed by atoms with van der Waals surface area (Å²) < 4.78 is 62.3. The Labute approximate surface area is 160 Å². The van der Waals surface area contributed by atoms with Crippen LogP contribution in [0.2, 0.25) is 5.02 Å². The van der Waals surface area contributed by atoms with Gasteiger partial charge in [0.1, 0.15) is 17.5 Å². The van der Waals surface area contributed by atoms with E-state index in [9.17, 15) is 17.6 Å². The maximum atomic E-state index is 13.6. The number of pyridine rings is 2. The first-order valence-corrected chi connectivity index (χ1v) is 8.28. The van der Waals surface area contributed by atoms with Crippen molar-refractivity contribution < 1.29 is 27.0 Å². The Morgan fingerprint density at radius 1 is 1.00 bits per heavy atom. The van der Waals surface area contributed by atoms with Crippen LogP contribution in [0.1, 0.15) is 5.56 Å². The predicted molar refractivity (Wildman–Crippen MR) is 92.4 cm³/mol. The summed E-state index contributed by atoms with van der Waals surface area (Å²) in [5, 5.41) is 2.96. The van der Waals surface area contributed by atoms with Gasteiger partial charge < -0.3 is 14.8 Å². The molecule has 1 aliphatic rings. The van der Waals surface area contributed by atoms with E-state index in [2.05, 4.69) is 24.8 Å². The van der Waals surface area contributed by atoms with Gasteiger partial charge in [-0.15, -0.1) is 8.78 Å². The van der Waals surface area contributed by atoms with Crippen LogP contribution in [0.4, 0.5) is 23.4 Å². The molecule has 0 unspecified atom stereocenters. The van der Waals surface area contributed by atoms with Gasteiger partial charge in [-0.2, -0.15) is 0 Å². The van der Waals surface area contributed by atoms with Crippen LogP contribution in [0.5, 0.6) is 11.5 Å². The highest BCUT2D eigenvalue weighted by molar-refractivity contribution is 6.33. The second-order valence-electron chi connectivity index (χ2n) is 5.81. The molecule has 3 heterocycles. The van der Waals surface area contributed by atoms with Crippen molar-refractivity contribution in [2.75, 3.05) is 5.32 Å². The van der Waals surface area contributed by atoms with E-state index in [0.29, 0.717) is 16.9 Å². The third-order valence-corrected chi connectivity index (χ3v) is 4.28. The molecule has 0 amide bonds. The maximum absolute atomic E-state index is 13.6. The van der Waals surface area contributed by atoms with Gasteiger partial charge >= 0.3 is 6.29 Å². The molecule has 2 aromatic heterocycles. The molecule has 1 N–H and O–H groups in total. The molecule has 0 spiro atoms. The number of rotatable bonds is 4. The summed E-state index contributed by atoms with van der Waals surface area (Å²) >= 11 is 6.14. The molecule has 144 valence electrons. The van der Waals surface area contributed by atoms with E-state index < -0.39 is 17.9 Å². The Kier molecular flexibility index (Phi) is 4.46. The van der Waals surface area contributed by atoms with Crippen LogP contribution in [0, 0.1) is 11.6 Å². The zero-order valence-corrected chi connectivity index (χ0v) is 14.6. The molecule has 0 atom stereocenters. The first kappa shape index (κ1) is 18.3. The van der Waals surface area contributed by atoms with Gasteiger partial charge in [0.05, 0.1) is 17.4 Å². The molecule has 10 heteroatoms. The van der Waals surface area contributed by atoms with Gasteiger partial charge in [-0.1, -0.05) is 11.6 Å². The normalized spacial score (nSPS) is 14.2. The molecular weight excluding hydrogens is 402 g/mol. The number of nitrogens with one attached hydrogen (secondary N) is 1. The van der Waals surface area contributed by atoms with Crippen LogP contribution in [-0.4, -0.2) is 16.3 Å². The molecule has 28 heavy (non-hydrogen) atoms. The van der Waals surface area contributed by atoms with Gasteiger partial charge in [0.25, 0.3) is 0 Å². The van der Waals surface area contributed by atoms with Crippen molar-refractivity contribution in [2.45, 2.75) is 12.8 Å². The maximum Gasteiger partial charge on any atom is 0.586 e. The second kappa shape index (κ2) is 6.83. The third kappa shape index (κ3) is 3.53. The van der Waals surface area contributed by atoms with Crippen molar-refractivity contribution in [1.82, 2.24) is 9.97 Å². The number of benzene rings is 1. The van der Waals surface area contributed by atoms with E-state index in [1.165, 1.54) is 18.3 Å². The minimum Gasteiger partial charge on any atom is -0.395 e.